The Balaban J connectivity index is 1.47. The summed E-state index contributed by atoms with van der Waals surface area (Å²) in [5.41, 5.74) is 1.76. The van der Waals surface area contributed by atoms with Crippen molar-refractivity contribution in [2.75, 3.05) is 18.1 Å². The van der Waals surface area contributed by atoms with E-state index in [2.05, 4.69) is 15.9 Å². The van der Waals surface area contributed by atoms with Crippen LogP contribution in [0.25, 0.3) is 0 Å². The zero-order valence-corrected chi connectivity index (χ0v) is 18.6. The molecule has 1 heterocycles. The third-order valence-corrected chi connectivity index (χ3v) is 7.69. The number of hydrogen-bond acceptors (Lipinski definition) is 6. The molecule has 0 N–H and O–H groups in total. The molecule has 2 aromatic rings. The van der Waals surface area contributed by atoms with Crippen molar-refractivity contribution in [1.29, 1.82) is 0 Å². The summed E-state index contributed by atoms with van der Waals surface area (Å²) in [6, 6.07) is 14.8. The fourth-order valence-electron chi connectivity index (χ4n) is 2.68. The van der Waals surface area contributed by atoms with Gasteiger partial charge >= 0.3 is 5.97 Å². The van der Waals surface area contributed by atoms with Gasteiger partial charge in [0.15, 0.2) is 12.7 Å². The number of ketones is 1. The summed E-state index contributed by atoms with van der Waals surface area (Å²) in [4.78, 5) is 24.3. The normalized spacial score (nSPS) is 15.6. The first-order valence-corrected chi connectivity index (χ1v) is 11.9. The van der Waals surface area contributed by atoms with Crippen molar-refractivity contribution in [1.82, 2.24) is 0 Å². The summed E-state index contributed by atoms with van der Waals surface area (Å²) in [5.74, 6) is 2.18. The second kappa shape index (κ2) is 10.4. The van der Waals surface area contributed by atoms with Gasteiger partial charge in [-0.15, -0.1) is 23.5 Å². The first-order chi connectivity index (χ1) is 13.5. The number of rotatable bonds is 7. The lowest BCUT2D eigenvalue weighted by atomic mass is 10.1. The Morgan fingerprint density at radius 3 is 2.36 bits per heavy atom. The molecule has 1 saturated heterocycles. The highest BCUT2D eigenvalue weighted by Gasteiger charge is 2.20. The van der Waals surface area contributed by atoms with Gasteiger partial charge in [-0.05, 0) is 54.7 Å². The van der Waals surface area contributed by atoms with E-state index in [1.54, 1.807) is 31.2 Å². The number of carbonyl (C=O) groups is 2. The van der Waals surface area contributed by atoms with E-state index in [0.29, 0.717) is 15.9 Å². The van der Waals surface area contributed by atoms with Gasteiger partial charge in [0.2, 0.25) is 5.78 Å². The zero-order valence-electron chi connectivity index (χ0n) is 15.4. The first-order valence-electron chi connectivity index (χ1n) is 8.98. The predicted octanol–water partition coefficient (Wildman–Crippen LogP) is 5.51. The smallest absolute Gasteiger partial charge is 0.344 e. The highest BCUT2D eigenvalue weighted by Crippen LogP contribution is 2.43. The molecule has 0 saturated carbocycles. The Bertz CT molecular complexity index is 802. The van der Waals surface area contributed by atoms with Crippen molar-refractivity contribution in [3.63, 3.8) is 0 Å². The Morgan fingerprint density at radius 1 is 1.07 bits per heavy atom. The van der Waals surface area contributed by atoms with Crippen LogP contribution in [0, 0.1) is 0 Å². The molecule has 0 unspecified atom stereocenters. The Morgan fingerprint density at radius 2 is 1.71 bits per heavy atom. The van der Waals surface area contributed by atoms with Gasteiger partial charge in [0.25, 0.3) is 0 Å². The van der Waals surface area contributed by atoms with Crippen LogP contribution in [-0.4, -0.2) is 36.0 Å². The van der Waals surface area contributed by atoms with Crippen LogP contribution in [-0.2, 0) is 9.53 Å². The van der Waals surface area contributed by atoms with Crippen LogP contribution in [0.2, 0.25) is 0 Å². The summed E-state index contributed by atoms with van der Waals surface area (Å²) in [6.45, 7) is 1.33. The van der Waals surface area contributed by atoms with Gasteiger partial charge in [0, 0.05) is 10.0 Å². The van der Waals surface area contributed by atoms with Crippen LogP contribution in [0.1, 0.15) is 33.8 Å². The van der Waals surface area contributed by atoms with Crippen molar-refractivity contribution in [3.8, 4) is 5.75 Å². The number of benzene rings is 2. The third-order valence-electron chi connectivity index (χ3n) is 4.14. The van der Waals surface area contributed by atoms with Crippen molar-refractivity contribution in [2.45, 2.75) is 24.0 Å². The molecule has 3 rings (SSSR count). The number of Topliss-reactive ketones (excluding diaryl/α,β-unsaturated/α-hetero) is 1. The van der Waals surface area contributed by atoms with Crippen molar-refractivity contribution < 1.29 is 19.1 Å². The summed E-state index contributed by atoms with van der Waals surface area (Å²) in [7, 11) is 0. The minimum absolute atomic E-state index is 0.232. The van der Waals surface area contributed by atoms with E-state index in [9.17, 15) is 9.59 Å². The number of carbonyl (C=O) groups excluding carboxylic acids is 2. The van der Waals surface area contributed by atoms with Crippen LogP contribution < -0.4 is 4.74 Å². The lowest BCUT2D eigenvalue weighted by molar-refractivity contribution is -0.148. The maximum Gasteiger partial charge on any atom is 0.344 e. The van der Waals surface area contributed by atoms with E-state index in [4.69, 9.17) is 9.47 Å². The van der Waals surface area contributed by atoms with E-state index in [0.717, 1.165) is 4.47 Å². The number of esters is 1. The van der Waals surface area contributed by atoms with Crippen LogP contribution in [0.3, 0.4) is 0 Å². The second-order valence-corrected chi connectivity index (χ2v) is 9.93. The number of thioether (sulfide) groups is 2. The fourth-order valence-corrected chi connectivity index (χ4v) is 5.84. The van der Waals surface area contributed by atoms with E-state index in [1.807, 2.05) is 47.8 Å². The monoisotopic (exact) mass is 480 g/mol. The topological polar surface area (TPSA) is 52.6 Å². The average molecular weight is 481 g/mol. The van der Waals surface area contributed by atoms with Gasteiger partial charge in [0.1, 0.15) is 5.75 Å². The molecular weight excluding hydrogens is 460 g/mol. The number of ether oxygens (including phenoxy) is 2. The predicted molar refractivity (Wildman–Crippen MR) is 118 cm³/mol. The Hall–Kier alpha value is -1.44. The highest BCUT2D eigenvalue weighted by molar-refractivity contribution is 9.10. The average Bonchev–Trinajstić information content (AvgIpc) is 2.73. The fraction of sp³-hybridized carbons (Fsp3) is 0.333. The molecule has 0 spiro atoms. The first kappa shape index (κ1) is 21.3. The standard InChI is InChI=1S/C21H21BrO4S2/c1-14(20(24)15-3-7-17(22)8-4-15)26-19(23)13-25-18-9-5-16(6-10-18)21-27-11-2-12-28-21/h3-10,14,21H,2,11-13H2,1H3/t14-/m1/s1. The molecule has 4 nitrogen and oxygen atoms in total. The highest BCUT2D eigenvalue weighted by atomic mass is 79.9. The van der Waals surface area contributed by atoms with Crippen LogP contribution in [0.4, 0.5) is 0 Å². The Kier molecular flexibility index (Phi) is 7.88. The van der Waals surface area contributed by atoms with Crippen LogP contribution in [0.15, 0.2) is 53.0 Å². The summed E-state index contributed by atoms with van der Waals surface area (Å²) < 4.78 is 12.1. The third kappa shape index (κ3) is 6.03. The number of hydrogen-bond donors (Lipinski definition) is 0. The van der Waals surface area contributed by atoms with Crippen molar-refractivity contribution >= 4 is 51.2 Å². The van der Waals surface area contributed by atoms with Gasteiger partial charge in [-0.3, -0.25) is 4.79 Å². The number of halogens is 1. The molecule has 148 valence electrons. The minimum Gasteiger partial charge on any atom is -0.482 e. The lowest BCUT2D eigenvalue weighted by Gasteiger charge is -2.21. The summed E-state index contributed by atoms with van der Waals surface area (Å²) in [5, 5.41) is 0. The van der Waals surface area contributed by atoms with Crippen LogP contribution in [0.5, 0.6) is 5.75 Å². The van der Waals surface area contributed by atoms with Gasteiger partial charge in [-0.25, -0.2) is 4.79 Å². The second-order valence-electron chi connectivity index (χ2n) is 6.29. The molecule has 2 aromatic carbocycles. The molecule has 7 heteroatoms. The molecule has 0 bridgehead atoms. The Labute approximate surface area is 181 Å². The summed E-state index contributed by atoms with van der Waals surface area (Å²) in [6.07, 6.45) is 0.401. The van der Waals surface area contributed by atoms with Gasteiger partial charge in [0.05, 0.1) is 4.58 Å². The maximum atomic E-state index is 12.3. The quantitative estimate of drug-likeness (QED) is 0.384. The SMILES string of the molecule is C[C@@H](OC(=O)COc1ccc(C2SCCCS2)cc1)C(=O)c1ccc(Br)cc1. The van der Waals surface area contributed by atoms with E-state index < -0.39 is 12.1 Å². The minimum atomic E-state index is -0.861. The molecular formula is C21H21BrO4S2. The molecule has 1 fully saturated rings. The molecule has 1 atom stereocenters. The maximum absolute atomic E-state index is 12.3. The summed E-state index contributed by atoms with van der Waals surface area (Å²) >= 11 is 7.25. The molecule has 0 radical (unpaired) electrons. The molecule has 1 aliphatic rings. The zero-order chi connectivity index (χ0) is 19.9. The van der Waals surface area contributed by atoms with Crippen LogP contribution >= 0.6 is 39.5 Å². The largest absolute Gasteiger partial charge is 0.482 e. The van der Waals surface area contributed by atoms with Gasteiger partial charge < -0.3 is 9.47 Å². The molecule has 0 amide bonds. The van der Waals surface area contributed by atoms with E-state index in [-0.39, 0.29) is 12.4 Å². The molecule has 28 heavy (non-hydrogen) atoms. The molecule has 0 aromatic heterocycles. The van der Waals surface area contributed by atoms with Crippen molar-refractivity contribution in [2.24, 2.45) is 0 Å². The molecule has 0 aliphatic carbocycles. The molecule has 1 aliphatic heterocycles. The van der Waals surface area contributed by atoms with Gasteiger partial charge in [-0.2, -0.15) is 0 Å². The van der Waals surface area contributed by atoms with E-state index in [1.165, 1.54) is 23.5 Å². The van der Waals surface area contributed by atoms with E-state index >= 15 is 0 Å². The lowest BCUT2D eigenvalue weighted by Crippen LogP contribution is -2.27. The van der Waals surface area contributed by atoms with Gasteiger partial charge in [-0.1, -0.05) is 40.2 Å². The van der Waals surface area contributed by atoms with Crippen molar-refractivity contribution in [3.05, 3.63) is 64.1 Å².